The summed E-state index contributed by atoms with van der Waals surface area (Å²) in [5.74, 6) is -0.553. The minimum Gasteiger partial charge on any atom is -0.464 e. The van der Waals surface area contributed by atoms with Gasteiger partial charge in [-0.2, -0.15) is 0 Å². The number of Topliss-reactive ketones (excluding diaryl/α,β-unsaturated/α-hetero) is 1. The lowest BCUT2D eigenvalue weighted by Gasteiger charge is -1.93. The van der Waals surface area contributed by atoms with Crippen LogP contribution in [0.5, 0.6) is 0 Å². The highest BCUT2D eigenvalue weighted by Crippen LogP contribution is 2.10. The number of ketones is 1. The minimum atomic E-state index is -0.462. The van der Waals surface area contributed by atoms with Gasteiger partial charge in [0.1, 0.15) is 5.69 Å². The molecule has 4 nitrogen and oxygen atoms in total. The summed E-state index contributed by atoms with van der Waals surface area (Å²) < 4.78 is 4.50. The Balaban J connectivity index is 3.09. The van der Waals surface area contributed by atoms with Crippen LogP contribution in [-0.2, 0) is 4.74 Å². The van der Waals surface area contributed by atoms with Gasteiger partial charge in [0, 0.05) is 6.92 Å². The van der Waals surface area contributed by atoms with Crippen LogP contribution < -0.4 is 0 Å². The van der Waals surface area contributed by atoms with Crippen LogP contribution >= 0.6 is 0 Å². The summed E-state index contributed by atoms with van der Waals surface area (Å²) in [6.45, 7) is 3.21. The molecule has 0 aromatic carbocycles. The van der Waals surface area contributed by atoms with E-state index in [0.717, 1.165) is 5.56 Å². The SMILES string of the molecule is COC(=O)c1cc(C)c(C(C)=O)[nH]1. The summed E-state index contributed by atoms with van der Waals surface area (Å²) >= 11 is 0. The molecular weight excluding hydrogens is 170 g/mol. The molecule has 0 unspecified atom stereocenters. The first-order valence-corrected chi connectivity index (χ1v) is 3.85. The minimum absolute atomic E-state index is 0.0901. The van der Waals surface area contributed by atoms with Crippen molar-refractivity contribution < 1.29 is 14.3 Å². The second-order valence-electron chi connectivity index (χ2n) is 2.79. The average Bonchev–Trinajstić information content (AvgIpc) is 2.46. The van der Waals surface area contributed by atoms with E-state index in [1.165, 1.54) is 14.0 Å². The van der Waals surface area contributed by atoms with Gasteiger partial charge in [-0.15, -0.1) is 0 Å². The van der Waals surface area contributed by atoms with E-state index in [9.17, 15) is 9.59 Å². The zero-order valence-electron chi connectivity index (χ0n) is 7.80. The van der Waals surface area contributed by atoms with E-state index in [4.69, 9.17) is 0 Å². The van der Waals surface area contributed by atoms with Gasteiger partial charge >= 0.3 is 5.97 Å². The van der Waals surface area contributed by atoms with E-state index in [1.54, 1.807) is 13.0 Å². The van der Waals surface area contributed by atoms with Gasteiger partial charge in [0.05, 0.1) is 12.8 Å². The van der Waals surface area contributed by atoms with Gasteiger partial charge in [-0.05, 0) is 18.6 Å². The maximum atomic E-state index is 11.0. The number of aryl methyl sites for hydroxylation is 1. The lowest BCUT2D eigenvalue weighted by Crippen LogP contribution is -2.02. The van der Waals surface area contributed by atoms with Crippen LogP contribution in [0.3, 0.4) is 0 Å². The number of carbonyl (C=O) groups excluding carboxylic acids is 2. The maximum Gasteiger partial charge on any atom is 0.354 e. The zero-order chi connectivity index (χ0) is 10.0. The smallest absolute Gasteiger partial charge is 0.354 e. The Labute approximate surface area is 75.9 Å². The molecule has 1 heterocycles. The number of ether oxygens (including phenoxy) is 1. The molecule has 0 radical (unpaired) electrons. The molecule has 0 aliphatic rings. The van der Waals surface area contributed by atoms with Gasteiger partial charge in [0.2, 0.25) is 0 Å². The van der Waals surface area contributed by atoms with Crippen molar-refractivity contribution in [3.8, 4) is 0 Å². The van der Waals surface area contributed by atoms with Crippen LogP contribution in [0.15, 0.2) is 6.07 Å². The highest BCUT2D eigenvalue weighted by atomic mass is 16.5. The first-order valence-electron chi connectivity index (χ1n) is 3.85. The Morgan fingerprint density at radius 3 is 2.46 bits per heavy atom. The average molecular weight is 181 g/mol. The van der Waals surface area contributed by atoms with Crippen molar-refractivity contribution >= 4 is 11.8 Å². The monoisotopic (exact) mass is 181 g/mol. The van der Waals surface area contributed by atoms with Gasteiger partial charge in [0.15, 0.2) is 5.78 Å². The van der Waals surface area contributed by atoms with E-state index in [-0.39, 0.29) is 5.78 Å². The standard InChI is InChI=1S/C9H11NO3/c1-5-4-7(9(12)13-3)10-8(5)6(2)11/h4,10H,1-3H3. The van der Waals surface area contributed by atoms with E-state index in [2.05, 4.69) is 9.72 Å². The third-order valence-electron chi connectivity index (χ3n) is 1.77. The number of nitrogens with one attached hydrogen (secondary N) is 1. The fourth-order valence-electron chi connectivity index (χ4n) is 1.14. The Hall–Kier alpha value is -1.58. The van der Waals surface area contributed by atoms with Crippen LogP contribution in [0.1, 0.15) is 33.5 Å². The van der Waals surface area contributed by atoms with Crippen molar-refractivity contribution in [3.63, 3.8) is 0 Å². The molecule has 13 heavy (non-hydrogen) atoms. The van der Waals surface area contributed by atoms with Crippen LogP contribution in [0, 0.1) is 6.92 Å². The fourth-order valence-corrected chi connectivity index (χ4v) is 1.14. The lowest BCUT2D eigenvalue weighted by molar-refractivity contribution is 0.0595. The van der Waals surface area contributed by atoms with Crippen molar-refractivity contribution in [2.45, 2.75) is 13.8 Å². The van der Waals surface area contributed by atoms with Crippen molar-refractivity contribution in [3.05, 3.63) is 23.0 Å². The first kappa shape index (κ1) is 9.51. The second-order valence-corrected chi connectivity index (χ2v) is 2.79. The van der Waals surface area contributed by atoms with Crippen LogP contribution in [0.4, 0.5) is 0 Å². The summed E-state index contributed by atoms with van der Waals surface area (Å²) in [5.41, 5.74) is 1.53. The predicted octanol–water partition coefficient (Wildman–Crippen LogP) is 1.31. The molecule has 0 atom stereocenters. The van der Waals surface area contributed by atoms with E-state index < -0.39 is 5.97 Å². The summed E-state index contributed by atoms with van der Waals surface area (Å²) in [6, 6.07) is 1.60. The number of esters is 1. The second kappa shape index (κ2) is 3.43. The molecule has 0 bridgehead atoms. The highest BCUT2D eigenvalue weighted by molar-refractivity contribution is 5.96. The third kappa shape index (κ3) is 1.77. The molecule has 4 heteroatoms. The number of carbonyl (C=O) groups is 2. The van der Waals surface area contributed by atoms with Crippen LogP contribution in [-0.4, -0.2) is 23.8 Å². The van der Waals surface area contributed by atoms with E-state index >= 15 is 0 Å². The summed E-state index contributed by atoms with van der Waals surface area (Å²) in [7, 11) is 1.30. The van der Waals surface area contributed by atoms with Gasteiger partial charge in [-0.3, -0.25) is 4.79 Å². The van der Waals surface area contributed by atoms with Crippen molar-refractivity contribution in [1.82, 2.24) is 4.98 Å². The van der Waals surface area contributed by atoms with E-state index in [1.807, 2.05) is 0 Å². The summed E-state index contributed by atoms with van der Waals surface area (Å²) in [4.78, 5) is 24.8. The molecule has 70 valence electrons. The first-order chi connectivity index (χ1) is 6.06. The van der Waals surface area contributed by atoms with Gasteiger partial charge in [-0.25, -0.2) is 4.79 Å². The molecule has 0 saturated heterocycles. The molecule has 0 aliphatic carbocycles. The number of hydrogen-bond donors (Lipinski definition) is 1. The highest BCUT2D eigenvalue weighted by Gasteiger charge is 2.13. The Kier molecular flexibility index (Phi) is 2.51. The zero-order valence-corrected chi connectivity index (χ0v) is 7.80. The van der Waals surface area contributed by atoms with Gasteiger partial charge < -0.3 is 9.72 Å². The van der Waals surface area contributed by atoms with Crippen LogP contribution in [0.25, 0.3) is 0 Å². The summed E-state index contributed by atoms with van der Waals surface area (Å²) in [6.07, 6.45) is 0. The molecule has 1 N–H and O–H groups in total. The Morgan fingerprint density at radius 2 is 2.08 bits per heavy atom. The largest absolute Gasteiger partial charge is 0.464 e. The van der Waals surface area contributed by atoms with Gasteiger partial charge in [0.25, 0.3) is 0 Å². The molecule has 0 spiro atoms. The number of hydrogen-bond acceptors (Lipinski definition) is 3. The van der Waals surface area contributed by atoms with Gasteiger partial charge in [-0.1, -0.05) is 0 Å². The molecule has 0 amide bonds. The topological polar surface area (TPSA) is 59.2 Å². The van der Waals surface area contributed by atoms with E-state index in [0.29, 0.717) is 11.4 Å². The number of aromatic amines is 1. The maximum absolute atomic E-state index is 11.0. The number of H-pyrrole nitrogens is 1. The molecule has 0 aliphatic heterocycles. The molecule has 0 fully saturated rings. The lowest BCUT2D eigenvalue weighted by atomic mass is 10.2. The predicted molar refractivity (Wildman–Crippen MR) is 46.9 cm³/mol. The molecule has 1 rings (SSSR count). The number of rotatable bonds is 2. The van der Waals surface area contributed by atoms with Crippen molar-refractivity contribution in [2.75, 3.05) is 7.11 Å². The number of methoxy groups -OCH3 is 1. The molecule has 1 aromatic heterocycles. The fraction of sp³-hybridized carbons (Fsp3) is 0.333. The van der Waals surface area contributed by atoms with Crippen LogP contribution in [0.2, 0.25) is 0 Å². The Bertz CT molecular complexity index is 352. The Morgan fingerprint density at radius 1 is 1.46 bits per heavy atom. The molecule has 1 aromatic rings. The third-order valence-corrected chi connectivity index (χ3v) is 1.77. The normalized spacial score (nSPS) is 9.77. The van der Waals surface area contributed by atoms with Crippen molar-refractivity contribution in [2.24, 2.45) is 0 Å². The summed E-state index contributed by atoms with van der Waals surface area (Å²) in [5, 5.41) is 0. The quantitative estimate of drug-likeness (QED) is 0.552. The number of aromatic nitrogens is 1. The molecule has 0 saturated carbocycles. The van der Waals surface area contributed by atoms with Crippen molar-refractivity contribution in [1.29, 1.82) is 0 Å². The molecular formula is C9H11NO3.